The topological polar surface area (TPSA) is 12.0 Å². The Morgan fingerprint density at radius 3 is 2.65 bits per heavy atom. The molecule has 1 N–H and O–H groups in total. The van der Waals surface area contributed by atoms with Crippen molar-refractivity contribution in [2.24, 2.45) is 0 Å². The molecule has 1 nitrogen and oxygen atoms in total. The zero-order chi connectivity index (χ0) is 11.8. The minimum atomic E-state index is -2.63. The summed E-state index contributed by atoms with van der Waals surface area (Å²) in [7, 11) is 0. The molecule has 0 spiro atoms. The van der Waals surface area contributed by atoms with E-state index in [1.54, 1.807) is 0 Å². The predicted octanol–water partition coefficient (Wildman–Crippen LogP) is 3.44. The van der Waals surface area contributed by atoms with Gasteiger partial charge in [-0.3, -0.25) is 0 Å². The Morgan fingerprint density at radius 2 is 2.00 bits per heavy atom. The highest BCUT2D eigenvalue weighted by Crippen LogP contribution is 2.39. The first-order chi connectivity index (χ1) is 7.52. The predicted molar refractivity (Wildman–Crippen MR) is 68.3 cm³/mol. The van der Waals surface area contributed by atoms with Crippen LogP contribution >= 0.6 is 12.4 Å². The van der Waals surface area contributed by atoms with Crippen molar-refractivity contribution >= 4 is 12.4 Å². The van der Waals surface area contributed by atoms with Crippen LogP contribution in [0.2, 0.25) is 0 Å². The van der Waals surface area contributed by atoms with Gasteiger partial charge in [-0.1, -0.05) is 18.2 Å². The van der Waals surface area contributed by atoms with E-state index in [1.807, 2.05) is 32.0 Å². The van der Waals surface area contributed by atoms with Crippen LogP contribution in [-0.2, 0) is 0 Å². The molecule has 0 radical (unpaired) electrons. The standard InChI is InChI=1S/C13H17F2N.ClH/c1-9-4-3-5-11(10(9)2)12-6-7-16-8-13(12,14)15;/h3-5,12,16H,6-8H2,1-2H3;1H. The van der Waals surface area contributed by atoms with E-state index in [0.717, 1.165) is 16.7 Å². The summed E-state index contributed by atoms with van der Waals surface area (Å²) >= 11 is 0. The van der Waals surface area contributed by atoms with Crippen LogP contribution in [0.15, 0.2) is 18.2 Å². The molecular weight excluding hydrogens is 244 g/mol. The van der Waals surface area contributed by atoms with Gasteiger partial charge >= 0.3 is 0 Å². The molecule has 17 heavy (non-hydrogen) atoms. The van der Waals surface area contributed by atoms with Crippen molar-refractivity contribution in [3.63, 3.8) is 0 Å². The maximum Gasteiger partial charge on any atom is 0.267 e. The van der Waals surface area contributed by atoms with Gasteiger partial charge in [0.1, 0.15) is 0 Å². The summed E-state index contributed by atoms with van der Waals surface area (Å²) < 4.78 is 27.6. The zero-order valence-corrected chi connectivity index (χ0v) is 10.9. The smallest absolute Gasteiger partial charge is 0.267 e. The molecule has 1 aliphatic rings. The minimum absolute atomic E-state index is 0. The number of benzene rings is 1. The van der Waals surface area contributed by atoms with E-state index in [4.69, 9.17) is 0 Å². The molecule has 1 saturated heterocycles. The van der Waals surface area contributed by atoms with Crippen LogP contribution in [0.25, 0.3) is 0 Å². The number of piperidine rings is 1. The van der Waals surface area contributed by atoms with Crippen LogP contribution in [0.3, 0.4) is 0 Å². The second-order valence-corrected chi connectivity index (χ2v) is 4.57. The lowest BCUT2D eigenvalue weighted by Gasteiger charge is -2.33. The number of alkyl halides is 2. The average Bonchev–Trinajstić information content (AvgIpc) is 2.22. The maximum atomic E-state index is 13.8. The fourth-order valence-corrected chi connectivity index (χ4v) is 2.37. The van der Waals surface area contributed by atoms with Crippen molar-refractivity contribution in [1.29, 1.82) is 0 Å². The molecule has 1 atom stereocenters. The van der Waals surface area contributed by atoms with Gasteiger partial charge in [0.2, 0.25) is 0 Å². The summed E-state index contributed by atoms with van der Waals surface area (Å²) in [6.45, 7) is 4.37. The summed E-state index contributed by atoms with van der Waals surface area (Å²) in [5, 5.41) is 2.76. The van der Waals surface area contributed by atoms with Crippen molar-refractivity contribution in [3.8, 4) is 0 Å². The van der Waals surface area contributed by atoms with E-state index in [-0.39, 0.29) is 19.0 Å². The summed E-state index contributed by atoms with van der Waals surface area (Å²) in [4.78, 5) is 0. The van der Waals surface area contributed by atoms with Gasteiger partial charge in [-0.05, 0) is 43.5 Å². The molecule has 0 aromatic heterocycles. The van der Waals surface area contributed by atoms with Gasteiger partial charge in [-0.25, -0.2) is 8.78 Å². The van der Waals surface area contributed by atoms with E-state index in [2.05, 4.69) is 5.32 Å². The van der Waals surface area contributed by atoms with Gasteiger partial charge < -0.3 is 5.32 Å². The van der Waals surface area contributed by atoms with Gasteiger partial charge in [0.05, 0.1) is 12.5 Å². The number of hydrogen-bond acceptors (Lipinski definition) is 1. The molecule has 1 unspecified atom stereocenters. The van der Waals surface area contributed by atoms with E-state index in [9.17, 15) is 8.78 Å². The van der Waals surface area contributed by atoms with Crippen LogP contribution in [0.1, 0.15) is 29.0 Å². The highest BCUT2D eigenvalue weighted by Gasteiger charge is 2.42. The first kappa shape index (κ1) is 14.4. The molecule has 0 bridgehead atoms. The van der Waals surface area contributed by atoms with Crippen molar-refractivity contribution < 1.29 is 8.78 Å². The molecule has 0 amide bonds. The normalized spacial score (nSPS) is 22.9. The summed E-state index contributed by atoms with van der Waals surface area (Å²) in [5.74, 6) is -3.26. The van der Waals surface area contributed by atoms with Crippen LogP contribution in [0.4, 0.5) is 8.78 Å². The zero-order valence-electron chi connectivity index (χ0n) is 10.1. The lowest BCUT2D eigenvalue weighted by Crippen LogP contribution is -2.44. The molecule has 4 heteroatoms. The molecule has 1 aromatic rings. The van der Waals surface area contributed by atoms with E-state index in [0.29, 0.717) is 13.0 Å². The Kier molecular flexibility index (Phi) is 4.50. The van der Waals surface area contributed by atoms with Crippen LogP contribution in [0.5, 0.6) is 0 Å². The average molecular weight is 262 g/mol. The molecule has 1 aromatic carbocycles. The minimum Gasteiger partial charge on any atom is -0.311 e. The number of nitrogens with one attached hydrogen (secondary N) is 1. The van der Waals surface area contributed by atoms with Crippen LogP contribution in [0, 0.1) is 13.8 Å². The highest BCUT2D eigenvalue weighted by atomic mass is 35.5. The summed E-state index contributed by atoms with van der Waals surface area (Å²) in [5.41, 5.74) is 2.91. The van der Waals surface area contributed by atoms with Crippen molar-refractivity contribution in [1.82, 2.24) is 5.32 Å². The third-order valence-corrected chi connectivity index (χ3v) is 3.50. The second-order valence-electron chi connectivity index (χ2n) is 4.57. The Balaban J connectivity index is 0.00000144. The summed E-state index contributed by atoms with van der Waals surface area (Å²) in [6, 6.07) is 5.68. The van der Waals surface area contributed by atoms with E-state index >= 15 is 0 Å². The molecule has 1 heterocycles. The SMILES string of the molecule is Cc1cccc(C2CCNCC2(F)F)c1C.Cl. The monoisotopic (exact) mass is 261 g/mol. The van der Waals surface area contributed by atoms with Crippen LogP contribution < -0.4 is 5.32 Å². The van der Waals surface area contributed by atoms with Gasteiger partial charge in [0.25, 0.3) is 5.92 Å². The number of hydrogen-bond donors (Lipinski definition) is 1. The largest absolute Gasteiger partial charge is 0.311 e. The highest BCUT2D eigenvalue weighted by molar-refractivity contribution is 5.85. The third kappa shape index (κ3) is 2.78. The van der Waals surface area contributed by atoms with Crippen molar-refractivity contribution in [3.05, 3.63) is 34.9 Å². The van der Waals surface area contributed by atoms with Gasteiger partial charge in [0.15, 0.2) is 0 Å². The molecule has 1 fully saturated rings. The Labute approximate surface area is 107 Å². The van der Waals surface area contributed by atoms with Gasteiger partial charge in [0, 0.05) is 0 Å². The first-order valence-corrected chi connectivity index (χ1v) is 5.67. The first-order valence-electron chi connectivity index (χ1n) is 5.67. The Morgan fingerprint density at radius 1 is 1.29 bits per heavy atom. The lowest BCUT2D eigenvalue weighted by molar-refractivity contribution is -0.0422. The quantitative estimate of drug-likeness (QED) is 0.817. The maximum absolute atomic E-state index is 13.8. The van der Waals surface area contributed by atoms with E-state index < -0.39 is 11.8 Å². The van der Waals surface area contributed by atoms with Crippen LogP contribution in [-0.4, -0.2) is 19.0 Å². The molecule has 96 valence electrons. The Bertz CT molecular complexity index is 393. The summed E-state index contributed by atoms with van der Waals surface area (Å²) in [6.07, 6.45) is 0.511. The number of aryl methyl sites for hydroxylation is 1. The molecular formula is C13H18ClF2N. The van der Waals surface area contributed by atoms with Gasteiger partial charge in [-0.2, -0.15) is 0 Å². The van der Waals surface area contributed by atoms with Gasteiger partial charge in [-0.15, -0.1) is 12.4 Å². The molecule has 0 aliphatic carbocycles. The molecule has 0 saturated carbocycles. The number of halogens is 3. The molecule has 2 rings (SSSR count). The van der Waals surface area contributed by atoms with Crippen molar-refractivity contribution in [2.75, 3.05) is 13.1 Å². The van der Waals surface area contributed by atoms with Crippen molar-refractivity contribution in [2.45, 2.75) is 32.1 Å². The Hall–Kier alpha value is -0.670. The van der Waals surface area contributed by atoms with E-state index in [1.165, 1.54) is 0 Å². The fourth-order valence-electron chi connectivity index (χ4n) is 2.37. The second kappa shape index (κ2) is 5.32. The third-order valence-electron chi connectivity index (χ3n) is 3.50. The molecule has 1 aliphatic heterocycles. The number of rotatable bonds is 1. The fraction of sp³-hybridized carbons (Fsp3) is 0.538. The lowest BCUT2D eigenvalue weighted by atomic mass is 9.83.